The van der Waals surface area contributed by atoms with Crippen molar-refractivity contribution in [1.82, 2.24) is 20.5 Å². The van der Waals surface area contributed by atoms with E-state index in [1.165, 1.54) is 4.90 Å². The number of nitrogens with zero attached hydrogens (tertiary/aromatic N) is 2. The fraction of sp³-hybridized carbons (Fsp3) is 0.567. The minimum absolute atomic E-state index is 0.00445. The zero-order chi connectivity index (χ0) is 31.6. The second-order valence-electron chi connectivity index (χ2n) is 11.4. The van der Waals surface area contributed by atoms with Crippen molar-refractivity contribution < 1.29 is 29.0 Å². The highest BCUT2D eigenvalue weighted by molar-refractivity contribution is 7.81. The molecule has 1 aliphatic rings. The molecule has 0 bridgehead atoms. The number of amides is 4. The summed E-state index contributed by atoms with van der Waals surface area (Å²) in [7, 11) is 0. The van der Waals surface area contributed by atoms with Crippen molar-refractivity contribution in [3.8, 4) is 10.4 Å². The Morgan fingerprint density at radius 1 is 1.16 bits per heavy atom. The van der Waals surface area contributed by atoms with Crippen molar-refractivity contribution in [2.45, 2.75) is 95.2 Å². The summed E-state index contributed by atoms with van der Waals surface area (Å²) in [5.74, 6) is -1.10. The first kappa shape index (κ1) is 34.3. The highest BCUT2D eigenvalue weighted by Gasteiger charge is 2.44. The molecule has 1 saturated heterocycles. The van der Waals surface area contributed by atoms with Crippen molar-refractivity contribution in [3.63, 3.8) is 0 Å². The predicted molar refractivity (Wildman–Crippen MR) is 168 cm³/mol. The standard InChI is InChI=1S/C30H43N5O6S2/c1-19-25(43-18-33-19)21-12-10-20(11-13-21)16-32-27(38)23-15-22(36)17-35(23)28(39)26(30(2,3)42)34-24(37)9-7-5-4-6-8-14-41-29(31)40/h10-13,18,22-23,26,36,42H,4-9,14-17H2,1-3H3,(H2,31,40)(H,32,38)(H,34,37)/t22-,23+,26-/m1/s1. The average molecular weight is 634 g/mol. The van der Waals surface area contributed by atoms with E-state index in [2.05, 4.69) is 28.2 Å². The molecular formula is C30H43N5O6S2. The van der Waals surface area contributed by atoms with Gasteiger partial charge < -0.3 is 31.1 Å². The number of β-amino-alcohol motifs (C(OH)–C–C–N with tert-alkyl or cyclic N) is 1. The third kappa shape index (κ3) is 10.5. The summed E-state index contributed by atoms with van der Waals surface area (Å²) in [5.41, 5.74) is 9.67. The van der Waals surface area contributed by atoms with Crippen LogP contribution in [0.15, 0.2) is 29.8 Å². The van der Waals surface area contributed by atoms with Crippen LogP contribution >= 0.6 is 24.0 Å². The van der Waals surface area contributed by atoms with Crippen LogP contribution in [0.3, 0.4) is 0 Å². The monoisotopic (exact) mass is 633 g/mol. The number of hydrogen-bond acceptors (Lipinski definition) is 9. The van der Waals surface area contributed by atoms with E-state index in [4.69, 9.17) is 10.5 Å². The van der Waals surface area contributed by atoms with Gasteiger partial charge in [0.1, 0.15) is 12.1 Å². The molecule has 3 atom stereocenters. The maximum absolute atomic E-state index is 13.7. The number of nitrogens with two attached hydrogens (primary N) is 1. The van der Waals surface area contributed by atoms with E-state index in [-0.39, 0.29) is 44.4 Å². The number of thiol groups is 1. The second kappa shape index (κ2) is 16.1. The van der Waals surface area contributed by atoms with Gasteiger partial charge in [0.05, 0.1) is 28.8 Å². The lowest BCUT2D eigenvalue weighted by molar-refractivity contribution is -0.142. The van der Waals surface area contributed by atoms with Gasteiger partial charge in [-0.1, -0.05) is 43.5 Å². The summed E-state index contributed by atoms with van der Waals surface area (Å²) in [6.45, 7) is 5.96. The quantitative estimate of drug-likeness (QED) is 0.148. The smallest absolute Gasteiger partial charge is 0.404 e. The molecule has 11 nitrogen and oxygen atoms in total. The lowest BCUT2D eigenvalue weighted by Crippen LogP contribution is -2.59. The van der Waals surface area contributed by atoms with Gasteiger partial charge in [0.2, 0.25) is 17.7 Å². The second-order valence-corrected chi connectivity index (χ2v) is 13.4. The molecule has 1 fully saturated rings. The molecule has 2 aromatic rings. The number of likely N-dealkylation sites (tertiary alicyclic amines) is 1. The maximum Gasteiger partial charge on any atom is 0.404 e. The van der Waals surface area contributed by atoms with E-state index in [1.54, 1.807) is 25.2 Å². The zero-order valence-corrected chi connectivity index (χ0v) is 26.7. The van der Waals surface area contributed by atoms with Gasteiger partial charge in [-0.15, -0.1) is 11.3 Å². The fourth-order valence-electron chi connectivity index (χ4n) is 5.00. The number of unbranched alkanes of at least 4 members (excludes halogenated alkanes) is 4. The fourth-order valence-corrected chi connectivity index (χ4v) is 5.98. The number of benzene rings is 1. The Bertz CT molecular complexity index is 1250. The van der Waals surface area contributed by atoms with Crippen molar-refractivity contribution in [1.29, 1.82) is 0 Å². The first-order valence-corrected chi connectivity index (χ1v) is 15.9. The highest BCUT2D eigenvalue weighted by Crippen LogP contribution is 2.28. The number of aromatic nitrogens is 1. The summed E-state index contributed by atoms with van der Waals surface area (Å²) in [4.78, 5) is 57.0. The Morgan fingerprint density at radius 2 is 1.84 bits per heavy atom. The van der Waals surface area contributed by atoms with Gasteiger partial charge in [-0.3, -0.25) is 14.4 Å². The van der Waals surface area contributed by atoms with Crippen molar-refractivity contribution in [3.05, 3.63) is 41.0 Å². The maximum atomic E-state index is 13.7. The molecule has 2 heterocycles. The molecule has 0 radical (unpaired) electrons. The molecule has 0 aliphatic carbocycles. The van der Waals surface area contributed by atoms with Crippen LogP contribution < -0.4 is 16.4 Å². The average Bonchev–Trinajstić information content (AvgIpc) is 3.56. The van der Waals surface area contributed by atoms with Crippen LogP contribution in [-0.2, 0) is 25.7 Å². The Hall–Kier alpha value is -3.16. The summed E-state index contributed by atoms with van der Waals surface area (Å²) < 4.78 is 3.78. The van der Waals surface area contributed by atoms with Crippen molar-refractivity contribution in [2.24, 2.45) is 5.73 Å². The molecule has 4 amide bonds. The Kier molecular flexibility index (Phi) is 12.8. The third-order valence-electron chi connectivity index (χ3n) is 7.34. The van der Waals surface area contributed by atoms with Gasteiger partial charge in [-0.05, 0) is 44.7 Å². The number of carbonyl (C=O) groups is 4. The normalized spacial score (nSPS) is 17.4. The molecule has 43 heavy (non-hydrogen) atoms. The summed E-state index contributed by atoms with van der Waals surface area (Å²) in [6, 6.07) is 6.00. The van der Waals surface area contributed by atoms with Crippen LogP contribution in [0.1, 0.15) is 70.1 Å². The number of aliphatic hydroxyl groups excluding tert-OH is 1. The number of nitrogens with one attached hydrogen (secondary N) is 2. The minimum atomic E-state index is -0.988. The number of primary amides is 1. The molecule has 5 N–H and O–H groups in total. The summed E-state index contributed by atoms with van der Waals surface area (Å²) >= 11 is 6.16. The largest absolute Gasteiger partial charge is 0.450 e. The van der Waals surface area contributed by atoms with E-state index in [1.807, 2.05) is 36.7 Å². The molecule has 1 aromatic heterocycles. The van der Waals surface area contributed by atoms with Crippen LogP contribution in [0.2, 0.25) is 0 Å². The van der Waals surface area contributed by atoms with Crippen molar-refractivity contribution >= 4 is 47.8 Å². The number of hydrogen-bond donors (Lipinski definition) is 5. The van der Waals surface area contributed by atoms with Crippen LogP contribution in [0.5, 0.6) is 0 Å². The van der Waals surface area contributed by atoms with Gasteiger partial charge in [-0.25, -0.2) is 9.78 Å². The number of aliphatic hydroxyl groups is 1. The summed E-state index contributed by atoms with van der Waals surface area (Å²) in [6.07, 6.45) is 2.57. The Balaban J connectivity index is 1.53. The molecular weight excluding hydrogens is 590 g/mol. The molecule has 13 heteroatoms. The SMILES string of the molecule is Cc1ncsc1-c1ccc(CNC(=O)[C@@H]2C[C@@H](O)CN2C(=O)[C@@H](NC(=O)CCCCCCCOC(N)=O)C(C)(C)S)cc1. The molecule has 0 saturated carbocycles. The first-order chi connectivity index (χ1) is 20.4. The molecule has 0 unspecified atom stereocenters. The van der Waals surface area contributed by atoms with E-state index in [0.717, 1.165) is 41.0 Å². The molecule has 236 valence electrons. The minimum Gasteiger partial charge on any atom is -0.450 e. The van der Waals surface area contributed by atoms with Gasteiger partial charge in [0.25, 0.3) is 0 Å². The van der Waals surface area contributed by atoms with Crippen LogP contribution in [0, 0.1) is 6.92 Å². The van der Waals surface area contributed by atoms with E-state index < -0.39 is 34.9 Å². The first-order valence-electron chi connectivity index (χ1n) is 14.6. The zero-order valence-electron chi connectivity index (χ0n) is 25.0. The lowest BCUT2D eigenvalue weighted by atomic mass is 10.00. The van der Waals surface area contributed by atoms with Crippen LogP contribution in [0.25, 0.3) is 10.4 Å². The predicted octanol–water partition coefficient (Wildman–Crippen LogP) is 3.33. The highest BCUT2D eigenvalue weighted by atomic mass is 32.1. The topological polar surface area (TPSA) is 164 Å². The summed E-state index contributed by atoms with van der Waals surface area (Å²) in [5, 5.41) is 16.1. The molecule has 1 aromatic carbocycles. The van der Waals surface area contributed by atoms with Crippen LogP contribution in [0.4, 0.5) is 4.79 Å². The third-order valence-corrected chi connectivity index (χ3v) is 8.58. The molecule has 0 spiro atoms. The van der Waals surface area contributed by atoms with Gasteiger partial charge in [-0.2, -0.15) is 12.6 Å². The Morgan fingerprint density at radius 3 is 2.47 bits per heavy atom. The van der Waals surface area contributed by atoms with Crippen molar-refractivity contribution in [2.75, 3.05) is 13.2 Å². The van der Waals surface area contributed by atoms with E-state index >= 15 is 0 Å². The number of carbonyl (C=O) groups excluding carboxylic acids is 4. The lowest BCUT2D eigenvalue weighted by Gasteiger charge is -2.34. The van der Waals surface area contributed by atoms with Crippen LogP contribution in [-0.4, -0.2) is 74.9 Å². The van der Waals surface area contributed by atoms with E-state index in [0.29, 0.717) is 12.8 Å². The van der Waals surface area contributed by atoms with Gasteiger partial charge in [0.15, 0.2) is 0 Å². The van der Waals surface area contributed by atoms with E-state index in [9.17, 15) is 24.3 Å². The molecule has 3 rings (SSSR count). The number of thiazole rings is 1. The number of ether oxygens (including phenoxy) is 1. The number of aryl methyl sites for hydroxylation is 1. The Labute approximate surface area is 262 Å². The van der Waals surface area contributed by atoms with Gasteiger partial charge >= 0.3 is 6.09 Å². The number of rotatable bonds is 15. The van der Waals surface area contributed by atoms with Gasteiger partial charge in [0, 0.05) is 30.7 Å². The molecule has 1 aliphatic heterocycles.